The Balaban J connectivity index is 2.91. The standard InChI is InChI=1S/C9H8N2O/c1-7-8-3-2-5-10-9(8)4-6-11(7)12/h2-6H,1H3. The van der Waals surface area contributed by atoms with Gasteiger partial charge in [0, 0.05) is 19.2 Å². The molecule has 3 nitrogen and oxygen atoms in total. The first-order valence-electron chi connectivity index (χ1n) is 3.72. The van der Waals surface area contributed by atoms with Crippen LogP contribution in [0.25, 0.3) is 10.9 Å². The van der Waals surface area contributed by atoms with Gasteiger partial charge in [-0.3, -0.25) is 4.98 Å². The fourth-order valence-corrected chi connectivity index (χ4v) is 1.23. The Hall–Kier alpha value is -1.64. The van der Waals surface area contributed by atoms with Crippen LogP contribution in [0.15, 0.2) is 30.6 Å². The van der Waals surface area contributed by atoms with Crippen molar-refractivity contribution < 1.29 is 4.73 Å². The number of rotatable bonds is 0. The molecule has 0 aliphatic carbocycles. The Kier molecular flexibility index (Phi) is 1.43. The van der Waals surface area contributed by atoms with Crippen molar-refractivity contribution >= 4 is 10.9 Å². The molecule has 2 heterocycles. The highest BCUT2D eigenvalue weighted by Crippen LogP contribution is 2.10. The number of aryl methyl sites for hydroxylation is 1. The highest BCUT2D eigenvalue weighted by molar-refractivity contribution is 5.78. The van der Waals surface area contributed by atoms with E-state index in [0.717, 1.165) is 15.6 Å². The lowest BCUT2D eigenvalue weighted by molar-refractivity contribution is -0.610. The number of aromatic nitrogens is 2. The van der Waals surface area contributed by atoms with E-state index in [1.165, 1.54) is 6.20 Å². The summed E-state index contributed by atoms with van der Waals surface area (Å²) in [6.07, 6.45) is 3.20. The predicted molar refractivity (Wildman–Crippen MR) is 45.4 cm³/mol. The van der Waals surface area contributed by atoms with Crippen LogP contribution in [0, 0.1) is 12.1 Å². The highest BCUT2D eigenvalue weighted by Gasteiger charge is 2.04. The van der Waals surface area contributed by atoms with Gasteiger partial charge in [-0.15, -0.1) is 0 Å². The second-order valence-corrected chi connectivity index (χ2v) is 2.66. The molecular formula is C9H8N2O. The number of nitrogens with zero attached hydrogens (tertiary/aromatic N) is 2. The lowest BCUT2D eigenvalue weighted by Gasteiger charge is -2.01. The van der Waals surface area contributed by atoms with Crippen molar-refractivity contribution in [3.05, 3.63) is 41.5 Å². The van der Waals surface area contributed by atoms with Gasteiger partial charge >= 0.3 is 0 Å². The molecule has 0 unspecified atom stereocenters. The number of pyridine rings is 2. The van der Waals surface area contributed by atoms with Crippen molar-refractivity contribution in [1.82, 2.24) is 4.98 Å². The molecule has 0 aromatic carbocycles. The zero-order valence-electron chi connectivity index (χ0n) is 6.69. The van der Waals surface area contributed by atoms with Crippen LogP contribution in [0.4, 0.5) is 0 Å². The Morgan fingerprint density at radius 3 is 3.08 bits per heavy atom. The Labute approximate surface area is 69.9 Å². The van der Waals surface area contributed by atoms with Crippen molar-refractivity contribution in [3.8, 4) is 0 Å². The maximum atomic E-state index is 11.1. The third-order valence-corrected chi connectivity index (χ3v) is 1.93. The molecule has 0 amide bonds. The van der Waals surface area contributed by atoms with Gasteiger partial charge in [-0.1, -0.05) is 0 Å². The molecular weight excluding hydrogens is 152 g/mol. The van der Waals surface area contributed by atoms with E-state index in [2.05, 4.69) is 4.98 Å². The number of fused-ring (bicyclic) bond motifs is 1. The van der Waals surface area contributed by atoms with E-state index in [0.29, 0.717) is 5.69 Å². The fraction of sp³-hybridized carbons (Fsp3) is 0.111. The van der Waals surface area contributed by atoms with Gasteiger partial charge in [-0.05, 0) is 12.1 Å². The summed E-state index contributed by atoms with van der Waals surface area (Å²) in [5.41, 5.74) is 1.56. The van der Waals surface area contributed by atoms with E-state index >= 15 is 0 Å². The molecule has 60 valence electrons. The Morgan fingerprint density at radius 1 is 1.42 bits per heavy atom. The molecule has 3 heteroatoms. The van der Waals surface area contributed by atoms with Crippen molar-refractivity contribution in [2.24, 2.45) is 0 Å². The lowest BCUT2D eigenvalue weighted by Crippen LogP contribution is -2.29. The summed E-state index contributed by atoms with van der Waals surface area (Å²) in [5.74, 6) is 0. The first-order chi connectivity index (χ1) is 5.79. The van der Waals surface area contributed by atoms with E-state index in [4.69, 9.17) is 0 Å². The minimum Gasteiger partial charge on any atom is -0.618 e. The molecule has 0 aliphatic heterocycles. The SMILES string of the molecule is Cc1c2cccnc2cc[n+]1[O-]. The summed E-state index contributed by atoms with van der Waals surface area (Å²) in [4.78, 5) is 4.13. The molecule has 2 rings (SSSR count). The van der Waals surface area contributed by atoms with Gasteiger partial charge in [0.05, 0.1) is 10.9 Å². The lowest BCUT2D eigenvalue weighted by atomic mass is 10.2. The van der Waals surface area contributed by atoms with Gasteiger partial charge in [0.25, 0.3) is 0 Å². The summed E-state index contributed by atoms with van der Waals surface area (Å²) in [6.45, 7) is 1.79. The van der Waals surface area contributed by atoms with E-state index < -0.39 is 0 Å². The first-order valence-corrected chi connectivity index (χ1v) is 3.72. The molecule has 0 atom stereocenters. The fourth-order valence-electron chi connectivity index (χ4n) is 1.23. The van der Waals surface area contributed by atoms with Crippen molar-refractivity contribution in [2.45, 2.75) is 6.92 Å². The van der Waals surface area contributed by atoms with Crippen LogP contribution in [0.2, 0.25) is 0 Å². The van der Waals surface area contributed by atoms with E-state index in [1.807, 2.05) is 12.1 Å². The number of hydrogen-bond acceptors (Lipinski definition) is 2. The van der Waals surface area contributed by atoms with Crippen LogP contribution in [0.5, 0.6) is 0 Å². The second-order valence-electron chi connectivity index (χ2n) is 2.66. The van der Waals surface area contributed by atoms with Gasteiger partial charge < -0.3 is 5.21 Å². The quantitative estimate of drug-likeness (QED) is 0.428. The molecule has 12 heavy (non-hydrogen) atoms. The zero-order valence-corrected chi connectivity index (χ0v) is 6.69. The monoisotopic (exact) mass is 160 g/mol. The average molecular weight is 160 g/mol. The molecule has 0 saturated carbocycles. The Morgan fingerprint density at radius 2 is 2.25 bits per heavy atom. The Bertz CT molecular complexity index is 426. The molecule has 0 radical (unpaired) electrons. The summed E-state index contributed by atoms with van der Waals surface area (Å²) in [7, 11) is 0. The van der Waals surface area contributed by atoms with Gasteiger partial charge in [-0.2, -0.15) is 4.73 Å². The topological polar surface area (TPSA) is 39.8 Å². The summed E-state index contributed by atoms with van der Waals surface area (Å²) < 4.78 is 0.851. The van der Waals surface area contributed by atoms with E-state index in [9.17, 15) is 5.21 Å². The third-order valence-electron chi connectivity index (χ3n) is 1.93. The van der Waals surface area contributed by atoms with Crippen molar-refractivity contribution in [2.75, 3.05) is 0 Å². The maximum Gasteiger partial charge on any atom is 0.199 e. The van der Waals surface area contributed by atoms with Crippen LogP contribution in [0.1, 0.15) is 5.69 Å². The molecule has 0 bridgehead atoms. The third kappa shape index (κ3) is 0.906. The number of hydrogen-bond donors (Lipinski definition) is 0. The predicted octanol–water partition coefficient (Wildman–Crippen LogP) is 1.18. The molecule has 0 fully saturated rings. The van der Waals surface area contributed by atoms with Gasteiger partial charge in [0.15, 0.2) is 11.9 Å². The van der Waals surface area contributed by atoms with E-state index in [1.54, 1.807) is 19.2 Å². The van der Waals surface area contributed by atoms with Crippen LogP contribution in [-0.2, 0) is 0 Å². The second kappa shape index (κ2) is 2.44. The minimum absolute atomic E-state index is 0.695. The minimum atomic E-state index is 0.695. The van der Waals surface area contributed by atoms with Crippen LogP contribution in [-0.4, -0.2) is 4.98 Å². The summed E-state index contributed by atoms with van der Waals surface area (Å²) in [5, 5.41) is 12.0. The van der Waals surface area contributed by atoms with Crippen molar-refractivity contribution in [1.29, 1.82) is 0 Å². The van der Waals surface area contributed by atoms with Gasteiger partial charge in [-0.25, -0.2) is 0 Å². The highest BCUT2D eigenvalue weighted by atomic mass is 16.5. The summed E-state index contributed by atoms with van der Waals surface area (Å²) in [6, 6.07) is 5.44. The molecule has 0 N–H and O–H groups in total. The largest absolute Gasteiger partial charge is 0.618 e. The normalized spacial score (nSPS) is 10.4. The molecule has 2 aromatic heterocycles. The van der Waals surface area contributed by atoms with Gasteiger partial charge in [0.2, 0.25) is 0 Å². The van der Waals surface area contributed by atoms with Crippen molar-refractivity contribution in [3.63, 3.8) is 0 Å². The molecule has 0 aliphatic rings. The van der Waals surface area contributed by atoms with Crippen LogP contribution in [0.3, 0.4) is 0 Å². The smallest absolute Gasteiger partial charge is 0.199 e. The van der Waals surface area contributed by atoms with E-state index in [-0.39, 0.29) is 0 Å². The maximum absolute atomic E-state index is 11.1. The average Bonchev–Trinajstić information content (AvgIpc) is 2.12. The first kappa shape index (κ1) is 7.03. The summed E-state index contributed by atoms with van der Waals surface area (Å²) >= 11 is 0. The zero-order chi connectivity index (χ0) is 8.55. The molecule has 0 spiro atoms. The van der Waals surface area contributed by atoms with Crippen LogP contribution < -0.4 is 4.73 Å². The molecule has 2 aromatic rings. The molecule has 0 saturated heterocycles. The van der Waals surface area contributed by atoms with Gasteiger partial charge in [0.1, 0.15) is 0 Å². The van der Waals surface area contributed by atoms with Crippen LogP contribution >= 0.6 is 0 Å².